The third-order valence-electron chi connectivity index (χ3n) is 4.03. The number of nitrogens with zero attached hydrogens (tertiary/aromatic N) is 1. The van der Waals surface area contributed by atoms with Crippen molar-refractivity contribution in [3.8, 4) is 11.5 Å². The number of phenolic OH excluding ortho intramolecular Hbond substituents is 1. The lowest BCUT2D eigenvalue weighted by molar-refractivity contribution is -0.123. The number of hydrogen-bond donors (Lipinski definition) is 3. The van der Waals surface area contributed by atoms with Gasteiger partial charge in [-0.3, -0.25) is 9.59 Å². The van der Waals surface area contributed by atoms with Crippen LogP contribution in [0.5, 0.6) is 11.5 Å². The Morgan fingerprint density at radius 1 is 1.24 bits per heavy atom. The van der Waals surface area contributed by atoms with Crippen molar-refractivity contribution in [2.75, 3.05) is 6.61 Å². The molecule has 0 heterocycles. The number of carbonyl (C=O) groups is 2. The smallest absolute Gasteiger partial charge is 0.262 e. The van der Waals surface area contributed by atoms with Gasteiger partial charge in [0.25, 0.3) is 11.8 Å². The molecule has 2 aromatic carbocycles. The lowest BCUT2D eigenvalue weighted by Crippen LogP contribution is -2.48. The van der Waals surface area contributed by atoms with Gasteiger partial charge >= 0.3 is 0 Å². The number of amides is 2. The number of carbonyl (C=O) groups excluding carboxylic acids is 2. The van der Waals surface area contributed by atoms with Gasteiger partial charge in [0, 0.05) is 0 Å². The average Bonchev–Trinajstić information content (AvgIpc) is 2.68. The molecule has 0 spiro atoms. The highest BCUT2D eigenvalue weighted by Gasteiger charge is 2.25. The van der Waals surface area contributed by atoms with E-state index in [4.69, 9.17) is 16.3 Å². The number of phenols is 1. The summed E-state index contributed by atoms with van der Waals surface area (Å²) in [6, 6.07) is 10.5. The Bertz CT molecular complexity index is 899. The molecule has 0 aliphatic rings. The Labute approximate surface area is 174 Å². The highest BCUT2D eigenvalue weighted by molar-refractivity contribution is 6.33. The second-order valence-electron chi connectivity index (χ2n) is 6.57. The van der Waals surface area contributed by atoms with Crippen LogP contribution in [0.3, 0.4) is 0 Å². The number of rotatable bonds is 8. The summed E-state index contributed by atoms with van der Waals surface area (Å²) in [7, 11) is 0. The number of aromatic hydroxyl groups is 1. The second-order valence-corrected chi connectivity index (χ2v) is 6.98. The van der Waals surface area contributed by atoms with Gasteiger partial charge in [0.1, 0.15) is 6.04 Å². The lowest BCUT2D eigenvalue weighted by atomic mass is 10.0. The van der Waals surface area contributed by atoms with Crippen LogP contribution in [-0.2, 0) is 4.79 Å². The number of ether oxygens (including phenoxy) is 1. The molecule has 0 aliphatic heterocycles. The summed E-state index contributed by atoms with van der Waals surface area (Å²) >= 11 is 6.05. The molecule has 7 nitrogen and oxygen atoms in total. The monoisotopic (exact) mass is 417 g/mol. The van der Waals surface area contributed by atoms with Crippen LogP contribution in [0, 0.1) is 5.92 Å². The molecule has 0 aliphatic carbocycles. The van der Waals surface area contributed by atoms with E-state index >= 15 is 0 Å². The summed E-state index contributed by atoms with van der Waals surface area (Å²) in [5.41, 5.74) is 3.36. The summed E-state index contributed by atoms with van der Waals surface area (Å²) in [4.78, 5) is 25.0. The summed E-state index contributed by atoms with van der Waals surface area (Å²) in [5, 5.41) is 16.7. The minimum atomic E-state index is -0.797. The SMILES string of the molecule is CCOc1cc(C=NNC(=O)C(NC(=O)c2ccccc2Cl)C(C)C)ccc1O. The van der Waals surface area contributed by atoms with Crippen LogP contribution in [0.15, 0.2) is 47.6 Å². The maximum Gasteiger partial charge on any atom is 0.262 e. The van der Waals surface area contributed by atoms with Gasteiger partial charge in [0.2, 0.25) is 0 Å². The van der Waals surface area contributed by atoms with Crippen molar-refractivity contribution in [1.29, 1.82) is 0 Å². The predicted octanol–water partition coefficient (Wildman–Crippen LogP) is 3.35. The zero-order valence-electron chi connectivity index (χ0n) is 16.5. The van der Waals surface area contributed by atoms with Crippen LogP contribution >= 0.6 is 11.6 Å². The van der Waals surface area contributed by atoms with Gasteiger partial charge in [-0.25, -0.2) is 5.43 Å². The Morgan fingerprint density at radius 2 is 1.97 bits per heavy atom. The van der Waals surface area contributed by atoms with Crippen LogP contribution in [0.1, 0.15) is 36.7 Å². The van der Waals surface area contributed by atoms with Crippen LogP contribution in [0.4, 0.5) is 0 Å². The van der Waals surface area contributed by atoms with E-state index in [0.29, 0.717) is 28.5 Å². The predicted molar refractivity (Wildman–Crippen MR) is 113 cm³/mol. The highest BCUT2D eigenvalue weighted by Crippen LogP contribution is 2.26. The molecule has 1 atom stereocenters. The first-order chi connectivity index (χ1) is 13.8. The molecule has 0 radical (unpaired) electrons. The molecule has 2 aromatic rings. The molecule has 2 amide bonds. The molecular formula is C21H24ClN3O4. The molecule has 0 saturated heterocycles. The zero-order chi connectivity index (χ0) is 21.4. The first-order valence-electron chi connectivity index (χ1n) is 9.17. The van der Waals surface area contributed by atoms with Gasteiger partial charge in [0.05, 0.1) is 23.4 Å². The molecule has 0 fully saturated rings. The van der Waals surface area contributed by atoms with Crippen LogP contribution < -0.4 is 15.5 Å². The van der Waals surface area contributed by atoms with Crippen molar-refractivity contribution in [2.45, 2.75) is 26.8 Å². The molecule has 8 heteroatoms. The van der Waals surface area contributed by atoms with Crippen molar-refractivity contribution in [3.63, 3.8) is 0 Å². The van der Waals surface area contributed by atoms with Gasteiger partial charge in [-0.1, -0.05) is 37.6 Å². The number of benzene rings is 2. The number of hydrogen-bond acceptors (Lipinski definition) is 5. The topological polar surface area (TPSA) is 100 Å². The fraction of sp³-hybridized carbons (Fsp3) is 0.286. The Balaban J connectivity index is 2.04. The van der Waals surface area contributed by atoms with Crippen molar-refractivity contribution in [2.24, 2.45) is 11.0 Å². The molecule has 0 saturated carbocycles. The largest absolute Gasteiger partial charge is 0.504 e. The number of hydrazone groups is 1. The molecule has 0 bridgehead atoms. The molecule has 1 unspecified atom stereocenters. The van der Waals surface area contributed by atoms with E-state index in [9.17, 15) is 14.7 Å². The fourth-order valence-corrected chi connectivity index (χ4v) is 2.74. The Morgan fingerprint density at radius 3 is 2.62 bits per heavy atom. The Kier molecular flexibility index (Phi) is 8.03. The third-order valence-corrected chi connectivity index (χ3v) is 4.36. The van der Waals surface area contributed by atoms with E-state index in [1.165, 1.54) is 12.3 Å². The van der Waals surface area contributed by atoms with E-state index in [2.05, 4.69) is 15.8 Å². The van der Waals surface area contributed by atoms with E-state index in [0.717, 1.165) is 0 Å². The average molecular weight is 418 g/mol. The van der Waals surface area contributed by atoms with E-state index in [1.54, 1.807) is 36.4 Å². The van der Waals surface area contributed by atoms with Gasteiger partial charge in [-0.15, -0.1) is 0 Å². The summed E-state index contributed by atoms with van der Waals surface area (Å²) in [6.07, 6.45) is 1.42. The maximum atomic E-state index is 12.5. The van der Waals surface area contributed by atoms with Crippen molar-refractivity contribution in [1.82, 2.24) is 10.7 Å². The number of halogens is 1. The molecule has 29 heavy (non-hydrogen) atoms. The number of nitrogens with one attached hydrogen (secondary N) is 2. The first-order valence-corrected chi connectivity index (χ1v) is 9.55. The molecule has 2 rings (SSSR count). The standard InChI is InChI=1S/C21H24ClN3O4/c1-4-29-18-11-14(9-10-17(18)26)12-23-25-21(28)19(13(2)3)24-20(27)15-7-5-6-8-16(15)22/h5-13,19,26H,4H2,1-3H3,(H,24,27)(H,25,28). The summed E-state index contributed by atoms with van der Waals surface area (Å²) < 4.78 is 5.31. The molecule has 0 aromatic heterocycles. The van der Waals surface area contributed by atoms with Gasteiger partial charge < -0.3 is 15.2 Å². The van der Waals surface area contributed by atoms with Crippen molar-refractivity contribution < 1.29 is 19.4 Å². The second kappa shape index (κ2) is 10.5. The first kappa shape index (κ1) is 22.2. The molecule has 154 valence electrons. The van der Waals surface area contributed by atoms with Crippen molar-refractivity contribution >= 4 is 29.6 Å². The highest BCUT2D eigenvalue weighted by atomic mass is 35.5. The normalized spacial score (nSPS) is 12.0. The lowest BCUT2D eigenvalue weighted by Gasteiger charge is -2.20. The van der Waals surface area contributed by atoms with E-state index < -0.39 is 17.9 Å². The zero-order valence-corrected chi connectivity index (χ0v) is 17.2. The van der Waals surface area contributed by atoms with Crippen molar-refractivity contribution in [3.05, 3.63) is 58.6 Å². The van der Waals surface area contributed by atoms with Crippen LogP contribution in [-0.4, -0.2) is 35.8 Å². The third kappa shape index (κ3) is 6.22. The Hall–Kier alpha value is -3.06. The molecule has 3 N–H and O–H groups in total. The summed E-state index contributed by atoms with van der Waals surface area (Å²) in [6.45, 7) is 5.85. The fourth-order valence-electron chi connectivity index (χ4n) is 2.52. The minimum Gasteiger partial charge on any atom is -0.504 e. The van der Waals surface area contributed by atoms with Gasteiger partial charge in [-0.05, 0) is 48.7 Å². The molecular weight excluding hydrogens is 394 g/mol. The van der Waals surface area contributed by atoms with Crippen LogP contribution in [0.2, 0.25) is 5.02 Å². The van der Waals surface area contributed by atoms with E-state index in [-0.39, 0.29) is 11.7 Å². The van der Waals surface area contributed by atoms with E-state index in [1.807, 2.05) is 20.8 Å². The van der Waals surface area contributed by atoms with Crippen LogP contribution in [0.25, 0.3) is 0 Å². The maximum absolute atomic E-state index is 12.5. The quantitative estimate of drug-likeness (QED) is 0.453. The van der Waals surface area contributed by atoms with Gasteiger partial charge in [-0.2, -0.15) is 5.10 Å². The minimum absolute atomic E-state index is 0.0233. The van der Waals surface area contributed by atoms with Gasteiger partial charge in [0.15, 0.2) is 11.5 Å². The summed E-state index contributed by atoms with van der Waals surface area (Å²) in [5.74, 6) is -0.714.